The van der Waals surface area contributed by atoms with Crippen molar-refractivity contribution in [2.75, 3.05) is 0 Å². The molecule has 3 N–H and O–H groups in total. The lowest BCUT2D eigenvalue weighted by Gasteiger charge is -2.38. The van der Waals surface area contributed by atoms with E-state index in [1.165, 1.54) is 19.3 Å². The van der Waals surface area contributed by atoms with Crippen LogP contribution in [0.15, 0.2) is 0 Å². The van der Waals surface area contributed by atoms with E-state index in [0.717, 1.165) is 44.9 Å². The summed E-state index contributed by atoms with van der Waals surface area (Å²) in [4.78, 5) is 13.3. The Balaban J connectivity index is 2.11. The number of nitrogens with two attached hydrogens (primary N) is 1. The fourth-order valence-electron chi connectivity index (χ4n) is 4.08. The lowest BCUT2D eigenvalue weighted by Crippen LogP contribution is -2.58. The maximum absolute atomic E-state index is 12.8. The number of nitrogens with one attached hydrogen (secondary N) is 1. The first-order valence-corrected chi connectivity index (χ1v) is 8.90. The molecule has 1 unspecified atom stereocenters. The van der Waals surface area contributed by atoms with Gasteiger partial charge in [-0.25, -0.2) is 0 Å². The Kier molecular flexibility index (Phi) is 5.29. The maximum Gasteiger partial charge on any atom is 0.224 e. The van der Waals surface area contributed by atoms with Crippen molar-refractivity contribution in [3.63, 3.8) is 0 Å². The van der Waals surface area contributed by atoms with Crippen LogP contribution in [0.3, 0.4) is 0 Å². The van der Waals surface area contributed by atoms with E-state index >= 15 is 0 Å². The van der Waals surface area contributed by atoms with Crippen molar-refractivity contribution in [2.45, 2.75) is 83.6 Å². The third-order valence-corrected chi connectivity index (χ3v) is 6.01. The molecule has 2 rings (SSSR count). The van der Waals surface area contributed by atoms with Crippen LogP contribution in [0.25, 0.3) is 0 Å². The van der Waals surface area contributed by atoms with E-state index in [1.807, 2.05) is 0 Å². The van der Waals surface area contributed by atoms with Crippen LogP contribution in [0.2, 0.25) is 0 Å². The molecule has 0 spiro atoms. The van der Waals surface area contributed by atoms with Crippen LogP contribution < -0.4 is 11.1 Å². The highest BCUT2D eigenvalue weighted by Crippen LogP contribution is 2.43. The molecule has 0 bridgehead atoms. The van der Waals surface area contributed by atoms with E-state index in [0.29, 0.717) is 4.99 Å². The first-order valence-electron chi connectivity index (χ1n) is 8.49. The minimum atomic E-state index is -0.439. The lowest BCUT2D eigenvalue weighted by atomic mass is 9.79. The number of amides is 1. The zero-order valence-electron chi connectivity index (χ0n) is 13.5. The molecule has 2 aliphatic rings. The van der Waals surface area contributed by atoms with Gasteiger partial charge in [-0.2, -0.15) is 0 Å². The van der Waals surface area contributed by atoms with Gasteiger partial charge in [0.1, 0.15) is 0 Å². The van der Waals surface area contributed by atoms with Crippen LogP contribution >= 0.6 is 12.2 Å². The molecule has 4 heteroatoms. The molecule has 2 aliphatic carbocycles. The molecular formula is C17H30N2OS. The summed E-state index contributed by atoms with van der Waals surface area (Å²) in [6.07, 6.45) is 11.0. The monoisotopic (exact) mass is 310 g/mol. The van der Waals surface area contributed by atoms with Crippen LogP contribution in [0.4, 0.5) is 0 Å². The molecule has 0 heterocycles. The normalized spacial score (nSPS) is 28.4. The van der Waals surface area contributed by atoms with Gasteiger partial charge >= 0.3 is 0 Å². The Morgan fingerprint density at radius 3 is 2.10 bits per heavy atom. The van der Waals surface area contributed by atoms with E-state index in [2.05, 4.69) is 19.2 Å². The van der Waals surface area contributed by atoms with E-state index in [-0.39, 0.29) is 17.2 Å². The van der Waals surface area contributed by atoms with E-state index in [1.54, 1.807) is 0 Å². The zero-order chi connectivity index (χ0) is 15.5. The number of carbonyl (C=O) groups is 1. The van der Waals surface area contributed by atoms with Gasteiger partial charge < -0.3 is 11.1 Å². The molecule has 120 valence electrons. The summed E-state index contributed by atoms with van der Waals surface area (Å²) < 4.78 is 0. The second-order valence-corrected chi connectivity index (χ2v) is 8.08. The summed E-state index contributed by atoms with van der Waals surface area (Å²) >= 11 is 5.35. The molecule has 0 aromatic rings. The van der Waals surface area contributed by atoms with Crippen LogP contribution in [-0.4, -0.2) is 16.4 Å². The molecule has 2 fully saturated rings. The quantitative estimate of drug-likeness (QED) is 0.782. The Bertz CT molecular complexity index is 398. The molecule has 1 amide bonds. The van der Waals surface area contributed by atoms with E-state index in [9.17, 15) is 4.79 Å². The number of carbonyl (C=O) groups excluding carboxylic acids is 1. The van der Waals surface area contributed by atoms with Gasteiger partial charge in [0.2, 0.25) is 5.91 Å². The van der Waals surface area contributed by atoms with E-state index < -0.39 is 5.54 Å². The highest BCUT2D eigenvalue weighted by Gasteiger charge is 2.43. The number of rotatable bonds is 3. The third kappa shape index (κ3) is 3.77. The smallest absolute Gasteiger partial charge is 0.224 e. The SMILES string of the molecule is CC1(C)CCCC1C(=O)NC1(C(N)=S)CCCCCCC1. The van der Waals surface area contributed by atoms with Gasteiger partial charge in [0.05, 0.1) is 10.5 Å². The number of thiocarbonyl (C=S) groups is 1. The van der Waals surface area contributed by atoms with Crippen LogP contribution in [0.1, 0.15) is 78.1 Å². The van der Waals surface area contributed by atoms with Gasteiger partial charge in [-0.3, -0.25) is 4.79 Å². The van der Waals surface area contributed by atoms with Crippen LogP contribution in [-0.2, 0) is 4.79 Å². The molecule has 0 aromatic carbocycles. The molecule has 3 nitrogen and oxygen atoms in total. The van der Waals surface area contributed by atoms with Crippen molar-refractivity contribution in [2.24, 2.45) is 17.1 Å². The molecule has 2 saturated carbocycles. The van der Waals surface area contributed by atoms with Crippen LogP contribution in [0.5, 0.6) is 0 Å². The molecule has 1 atom stereocenters. The average Bonchev–Trinajstić information content (AvgIpc) is 2.72. The molecular weight excluding hydrogens is 280 g/mol. The lowest BCUT2D eigenvalue weighted by molar-refractivity contribution is -0.129. The Labute approximate surface area is 134 Å². The molecule has 0 aliphatic heterocycles. The minimum absolute atomic E-state index is 0.100. The standard InChI is InChI=1S/C17H30N2OS/c1-16(2)10-8-9-13(16)14(20)19-17(15(18)21)11-6-4-3-5-7-12-17/h13H,3-12H2,1-2H3,(H2,18,21)(H,19,20). The van der Waals surface area contributed by atoms with Crippen molar-refractivity contribution in [3.8, 4) is 0 Å². The second kappa shape index (κ2) is 6.64. The Morgan fingerprint density at radius 2 is 1.62 bits per heavy atom. The predicted octanol–water partition coefficient (Wildman–Crippen LogP) is 3.70. The first kappa shape index (κ1) is 16.7. The molecule has 0 radical (unpaired) electrons. The van der Waals surface area contributed by atoms with Gasteiger partial charge in [0.25, 0.3) is 0 Å². The molecule has 21 heavy (non-hydrogen) atoms. The highest BCUT2D eigenvalue weighted by atomic mass is 32.1. The fourth-order valence-corrected chi connectivity index (χ4v) is 4.33. The summed E-state index contributed by atoms with van der Waals surface area (Å²) in [6.45, 7) is 4.41. The van der Waals surface area contributed by atoms with Crippen LogP contribution in [0, 0.1) is 11.3 Å². The zero-order valence-corrected chi connectivity index (χ0v) is 14.4. The van der Waals surface area contributed by atoms with Gasteiger partial charge in [-0.1, -0.05) is 64.6 Å². The summed E-state index contributed by atoms with van der Waals surface area (Å²) in [5.41, 5.74) is 5.72. The third-order valence-electron chi connectivity index (χ3n) is 5.61. The van der Waals surface area contributed by atoms with Crippen molar-refractivity contribution >= 4 is 23.1 Å². The summed E-state index contributed by atoms with van der Waals surface area (Å²) in [5, 5.41) is 3.29. The van der Waals surface area contributed by atoms with Gasteiger partial charge in [-0.05, 0) is 31.1 Å². The Morgan fingerprint density at radius 1 is 1.05 bits per heavy atom. The fraction of sp³-hybridized carbons (Fsp3) is 0.882. The summed E-state index contributed by atoms with van der Waals surface area (Å²) in [7, 11) is 0. The van der Waals surface area contributed by atoms with Crippen molar-refractivity contribution < 1.29 is 4.79 Å². The maximum atomic E-state index is 12.8. The first-order chi connectivity index (χ1) is 9.87. The van der Waals surface area contributed by atoms with Crippen molar-refractivity contribution in [1.29, 1.82) is 0 Å². The van der Waals surface area contributed by atoms with Crippen molar-refractivity contribution in [1.82, 2.24) is 5.32 Å². The van der Waals surface area contributed by atoms with Gasteiger partial charge in [-0.15, -0.1) is 0 Å². The largest absolute Gasteiger partial charge is 0.391 e. The second-order valence-electron chi connectivity index (χ2n) is 7.64. The van der Waals surface area contributed by atoms with Gasteiger partial charge in [0, 0.05) is 5.92 Å². The number of hydrogen-bond acceptors (Lipinski definition) is 2. The number of hydrogen-bond donors (Lipinski definition) is 2. The summed E-state index contributed by atoms with van der Waals surface area (Å²) in [5.74, 6) is 0.278. The average molecular weight is 311 g/mol. The highest BCUT2D eigenvalue weighted by molar-refractivity contribution is 7.80. The molecule has 0 saturated heterocycles. The van der Waals surface area contributed by atoms with Gasteiger partial charge in [0.15, 0.2) is 0 Å². The Hall–Kier alpha value is -0.640. The molecule has 0 aromatic heterocycles. The van der Waals surface area contributed by atoms with Crippen molar-refractivity contribution in [3.05, 3.63) is 0 Å². The predicted molar refractivity (Wildman–Crippen MR) is 91.1 cm³/mol. The topological polar surface area (TPSA) is 55.1 Å². The minimum Gasteiger partial charge on any atom is -0.391 e. The summed E-state index contributed by atoms with van der Waals surface area (Å²) in [6, 6.07) is 0. The van der Waals surface area contributed by atoms with E-state index in [4.69, 9.17) is 18.0 Å².